The van der Waals surface area contributed by atoms with Crippen LogP contribution in [0.25, 0.3) is 10.9 Å². The summed E-state index contributed by atoms with van der Waals surface area (Å²) in [6.45, 7) is 1.76. The fourth-order valence-electron chi connectivity index (χ4n) is 3.62. The highest BCUT2D eigenvalue weighted by molar-refractivity contribution is 7.92. The molecule has 0 unspecified atom stereocenters. The molecule has 0 aliphatic carbocycles. The standard InChI is InChI=1S/C27H24Cl2N4O5S/c1-3-38-22-10-7-21(8-11-22)33(39(35,36)24-12-5-20(28)6-13-24)17-26(34)32-30-16-19-14-18-4-9-23(37-2)15-25(18)31-27(19)29/h4-16H,3,17H2,1-2H3,(H,32,34)/b30-16-. The highest BCUT2D eigenvalue weighted by atomic mass is 35.5. The molecule has 1 heterocycles. The minimum Gasteiger partial charge on any atom is -0.497 e. The molecule has 0 atom stereocenters. The summed E-state index contributed by atoms with van der Waals surface area (Å²) in [5.41, 5.74) is 3.73. The minimum absolute atomic E-state index is 0.0252. The number of nitrogens with one attached hydrogen (secondary N) is 1. The van der Waals surface area contributed by atoms with E-state index in [-0.39, 0.29) is 15.7 Å². The third-order valence-electron chi connectivity index (χ3n) is 5.52. The van der Waals surface area contributed by atoms with E-state index in [1.165, 1.54) is 30.5 Å². The van der Waals surface area contributed by atoms with Gasteiger partial charge in [-0.15, -0.1) is 0 Å². The Morgan fingerprint density at radius 3 is 2.38 bits per heavy atom. The lowest BCUT2D eigenvalue weighted by atomic mass is 10.1. The number of ether oxygens (including phenoxy) is 2. The molecule has 12 heteroatoms. The first-order valence-corrected chi connectivity index (χ1v) is 13.9. The van der Waals surface area contributed by atoms with Gasteiger partial charge in [-0.1, -0.05) is 23.2 Å². The highest BCUT2D eigenvalue weighted by Crippen LogP contribution is 2.27. The van der Waals surface area contributed by atoms with Crippen molar-refractivity contribution in [3.8, 4) is 11.5 Å². The molecule has 0 aliphatic heterocycles. The Hall–Kier alpha value is -3.86. The van der Waals surface area contributed by atoms with Crippen LogP contribution in [0.2, 0.25) is 10.2 Å². The SMILES string of the molecule is CCOc1ccc(N(CC(=O)N/N=C\c2cc3ccc(OC)cc3nc2Cl)S(=O)(=O)c2ccc(Cl)cc2)cc1. The summed E-state index contributed by atoms with van der Waals surface area (Å²) in [4.78, 5) is 17.2. The summed E-state index contributed by atoms with van der Waals surface area (Å²) < 4.78 is 38.6. The third-order valence-corrected chi connectivity index (χ3v) is 7.87. The molecule has 39 heavy (non-hydrogen) atoms. The van der Waals surface area contributed by atoms with E-state index in [1.807, 2.05) is 13.0 Å². The van der Waals surface area contributed by atoms with Crippen molar-refractivity contribution in [2.45, 2.75) is 11.8 Å². The van der Waals surface area contributed by atoms with Crippen LogP contribution in [-0.4, -0.2) is 45.8 Å². The van der Waals surface area contributed by atoms with Crippen molar-refractivity contribution in [1.29, 1.82) is 0 Å². The van der Waals surface area contributed by atoms with E-state index in [9.17, 15) is 13.2 Å². The smallest absolute Gasteiger partial charge is 0.264 e. The van der Waals surface area contributed by atoms with Gasteiger partial charge in [-0.3, -0.25) is 9.10 Å². The molecule has 4 rings (SSSR count). The molecule has 9 nitrogen and oxygen atoms in total. The van der Waals surface area contributed by atoms with Crippen LogP contribution in [0.4, 0.5) is 5.69 Å². The number of benzene rings is 3. The Morgan fingerprint density at radius 1 is 1.03 bits per heavy atom. The molecule has 0 bridgehead atoms. The molecule has 0 aliphatic rings. The second-order valence-electron chi connectivity index (χ2n) is 8.11. The van der Waals surface area contributed by atoms with E-state index in [1.54, 1.807) is 49.6 Å². The monoisotopic (exact) mass is 586 g/mol. The van der Waals surface area contributed by atoms with Gasteiger partial charge in [0.25, 0.3) is 15.9 Å². The molecule has 0 radical (unpaired) electrons. The van der Waals surface area contributed by atoms with Gasteiger partial charge < -0.3 is 9.47 Å². The van der Waals surface area contributed by atoms with Crippen LogP contribution in [0.5, 0.6) is 11.5 Å². The molecule has 1 N–H and O–H groups in total. The van der Waals surface area contributed by atoms with Gasteiger partial charge in [-0.25, -0.2) is 18.8 Å². The topological polar surface area (TPSA) is 110 Å². The molecule has 0 fully saturated rings. The number of carbonyl (C=O) groups is 1. The molecule has 0 saturated carbocycles. The van der Waals surface area contributed by atoms with E-state index >= 15 is 0 Å². The molecular formula is C27H24Cl2N4O5S. The van der Waals surface area contributed by atoms with Gasteiger partial charge in [0, 0.05) is 22.0 Å². The number of pyridine rings is 1. The largest absolute Gasteiger partial charge is 0.497 e. The zero-order chi connectivity index (χ0) is 28.0. The summed E-state index contributed by atoms with van der Waals surface area (Å²) in [5, 5.41) is 5.32. The fraction of sp³-hybridized carbons (Fsp3) is 0.148. The molecule has 202 valence electrons. The number of methoxy groups -OCH3 is 1. The maximum atomic E-state index is 13.5. The number of aromatic nitrogens is 1. The predicted molar refractivity (Wildman–Crippen MR) is 153 cm³/mol. The van der Waals surface area contributed by atoms with Crippen molar-refractivity contribution in [1.82, 2.24) is 10.4 Å². The number of hydrogen-bond donors (Lipinski definition) is 1. The number of hydrogen-bond acceptors (Lipinski definition) is 7. The maximum Gasteiger partial charge on any atom is 0.264 e. The number of halogens is 2. The number of nitrogens with zero attached hydrogens (tertiary/aromatic N) is 3. The van der Waals surface area contributed by atoms with Gasteiger partial charge in [0.2, 0.25) is 0 Å². The van der Waals surface area contributed by atoms with Crippen molar-refractivity contribution in [3.63, 3.8) is 0 Å². The van der Waals surface area contributed by atoms with Crippen molar-refractivity contribution < 1.29 is 22.7 Å². The van der Waals surface area contributed by atoms with Crippen molar-refractivity contribution in [2.75, 3.05) is 24.6 Å². The average molecular weight is 587 g/mol. The zero-order valence-electron chi connectivity index (χ0n) is 21.0. The molecule has 0 spiro atoms. The molecule has 1 aromatic heterocycles. The van der Waals surface area contributed by atoms with Crippen LogP contribution in [-0.2, 0) is 14.8 Å². The number of rotatable bonds is 10. The predicted octanol–water partition coefficient (Wildman–Crippen LogP) is 5.29. The minimum atomic E-state index is -4.13. The molecular weight excluding hydrogens is 563 g/mol. The number of carbonyl (C=O) groups excluding carboxylic acids is 1. The van der Waals surface area contributed by atoms with Crippen molar-refractivity contribution >= 4 is 61.9 Å². The highest BCUT2D eigenvalue weighted by Gasteiger charge is 2.27. The number of sulfonamides is 1. The van der Waals surface area contributed by atoms with Crippen molar-refractivity contribution in [2.24, 2.45) is 5.10 Å². The summed E-state index contributed by atoms with van der Waals surface area (Å²) in [5.74, 6) is 0.538. The second-order valence-corrected chi connectivity index (χ2v) is 10.8. The zero-order valence-corrected chi connectivity index (χ0v) is 23.3. The fourth-order valence-corrected chi connectivity index (χ4v) is 5.36. The number of anilines is 1. The molecule has 4 aromatic rings. The number of hydrazone groups is 1. The summed E-state index contributed by atoms with van der Waals surface area (Å²) >= 11 is 12.2. The Balaban J connectivity index is 1.56. The summed E-state index contributed by atoms with van der Waals surface area (Å²) in [6.07, 6.45) is 1.34. The Labute approximate surface area is 236 Å². The van der Waals surface area contributed by atoms with Crippen LogP contribution in [0.3, 0.4) is 0 Å². The van der Waals surface area contributed by atoms with Crippen molar-refractivity contribution in [3.05, 3.63) is 88.5 Å². The van der Waals surface area contributed by atoms with E-state index in [0.29, 0.717) is 34.2 Å². The lowest BCUT2D eigenvalue weighted by Crippen LogP contribution is -2.39. The second kappa shape index (κ2) is 12.3. The van der Waals surface area contributed by atoms with E-state index in [4.69, 9.17) is 32.7 Å². The van der Waals surface area contributed by atoms with Gasteiger partial charge in [0.05, 0.1) is 36.0 Å². The Morgan fingerprint density at radius 2 is 1.72 bits per heavy atom. The van der Waals surface area contributed by atoms with Crippen LogP contribution < -0.4 is 19.2 Å². The van der Waals surface area contributed by atoms with Crippen LogP contribution >= 0.6 is 23.2 Å². The summed E-state index contributed by atoms with van der Waals surface area (Å²) in [6, 6.07) is 19.2. The first kappa shape index (κ1) is 28.2. The molecule has 1 amide bonds. The van der Waals surface area contributed by atoms with E-state index in [0.717, 1.165) is 9.69 Å². The normalized spacial score (nSPS) is 11.5. The molecule has 0 saturated heterocycles. The Kier molecular flexibility index (Phi) is 8.90. The van der Waals surface area contributed by atoms with Gasteiger partial charge in [0.1, 0.15) is 23.2 Å². The lowest BCUT2D eigenvalue weighted by molar-refractivity contribution is -0.119. The van der Waals surface area contributed by atoms with Gasteiger partial charge in [-0.2, -0.15) is 5.10 Å². The van der Waals surface area contributed by atoms with Crippen LogP contribution in [0.15, 0.2) is 82.8 Å². The van der Waals surface area contributed by atoms with E-state index in [2.05, 4.69) is 15.5 Å². The van der Waals surface area contributed by atoms with Crippen LogP contribution in [0.1, 0.15) is 12.5 Å². The quantitative estimate of drug-likeness (QED) is 0.153. The van der Waals surface area contributed by atoms with E-state index < -0.39 is 22.5 Å². The summed E-state index contributed by atoms with van der Waals surface area (Å²) in [7, 11) is -2.57. The third kappa shape index (κ3) is 6.78. The first-order valence-electron chi connectivity index (χ1n) is 11.7. The van der Waals surface area contributed by atoms with Gasteiger partial charge >= 0.3 is 0 Å². The molecule has 3 aromatic carbocycles. The van der Waals surface area contributed by atoms with Gasteiger partial charge in [-0.05, 0) is 73.7 Å². The first-order chi connectivity index (χ1) is 18.7. The lowest BCUT2D eigenvalue weighted by Gasteiger charge is -2.24. The average Bonchev–Trinajstić information content (AvgIpc) is 2.92. The van der Waals surface area contributed by atoms with Gasteiger partial charge in [0.15, 0.2) is 0 Å². The Bertz CT molecular complexity index is 1610. The number of fused-ring (bicyclic) bond motifs is 1. The van der Waals surface area contributed by atoms with Crippen LogP contribution in [0, 0.1) is 0 Å². The maximum absolute atomic E-state index is 13.5. The number of amides is 1.